The molecule has 1 fully saturated rings. The number of nitrogens with one attached hydrogen (secondary N) is 1. The lowest BCUT2D eigenvalue weighted by Gasteiger charge is -2.32. The highest BCUT2D eigenvalue weighted by atomic mass is 32.1. The Kier molecular flexibility index (Phi) is 6.68. The van der Waals surface area contributed by atoms with E-state index in [4.69, 9.17) is 9.47 Å². The quantitative estimate of drug-likeness (QED) is 0.599. The number of para-hydroxylation sites is 1. The lowest BCUT2D eigenvalue weighted by atomic mass is 10.2. The molecular formula is C21H22FN5O3S. The molecule has 1 aromatic carbocycles. The van der Waals surface area contributed by atoms with Crippen LogP contribution in [0.5, 0.6) is 5.75 Å². The summed E-state index contributed by atoms with van der Waals surface area (Å²) in [5.41, 5.74) is 0.706. The van der Waals surface area contributed by atoms with Crippen LogP contribution < -0.4 is 10.1 Å². The van der Waals surface area contributed by atoms with Crippen molar-refractivity contribution in [3.63, 3.8) is 0 Å². The van der Waals surface area contributed by atoms with Crippen molar-refractivity contribution >= 4 is 28.2 Å². The number of pyridine rings is 1. The summed E-state index contributed by atoms with van der Waals surface area (Å²) in [5.74, 6) is -0.0350. The first-order chi connectivity index (χ1) is 15.1. The fraction of sp³-hybridized carbons (Fsp3) is 0.333. The van der Waals surface area contributed by atoms with E-state index >= 15 is 0 Å². The molecule has 4 rings (SSSR count). The van der Waals surface area contributed by atoms with Crippen molar-refractivity contribution in [3.8, 4) is 5.75 Å². The number of aryl methyl sites for hydroxylation is 1. The van der Waals surface area contributed by atoms with Crippen LogP contribution in [0.25, 0.3) is 0 Å². The van der Waals surface area contributed by atoms with Gasteiger partial charge in [0.1, 0.15) is 16.9 Å². The van der Waals surface area contributed by atoms with Crippen LogP contribution in [0.15, 0.2) is 42.5 Å². The topological polar surface area (TPSA) is 89.5 Å². The molecule has 3 heterocycles. The molecule has 31 heavy (non-hydrogen) atoms. The summed E-state index contributed by atoms with van der Waals surface area (Å²) in [7, 11) is 0. The van der Waals surface area contributed by atoms with E-state index in [0.717, 1.165) is 11.4 Å². The second kappa shape index (κ2) is 9.80. The second-order valence-corrected chi connectivity index (χ2v) is 7.91. The molecule has 3 aromatic rings. The van der Waals surface area contributed by atoms with E-state index in [1.165, 1.54) is 23.5 Å². The summed E-state index contributed by atoms with van der Waals surface area (Å²) in [4.78, 5) is 18.8. The van der Waals surface area contributed by atoms with Gasteiger partial charge in [-0.3, -0.25) is 4.79 Å². The van der Waals surface area contributed by atoms with Crippen LogP contribution in [0.3, 0.4) is 0 Å². The van der Waals surface area contributed by atoms with E-state index in [9.17, 15) is 9.18 Å². The van der Waals surface area contributed by atoms with Crippen molar-refractivity contribution in [2.75, 3.05) is 31.6 Å². The van der Waals surface area contributed by atoms with Crippen LogP contribution in [0.1, 0.15) is 23.7 Å². The van der Waals surface area contributed by atoms with Gasteiger partial charge in [0.2, 0.25) is 5.13 Å². The maximum atomic E-state index is 13.7. The predicted molar refractivity (Wildman–Crippen MR) is 114 cm³/mol. The lowest BCUT2D eigenvalue weighted by Crippen LogP contribution is -2.44. The number of ether oxygens (including phenoxy) is 2. The number of hydrogen-bond donors (Lipinski definition) is 1. The van der Waals surface area contributed by atoms with Gasteiger partial charge in [0.05, 0.1) is 18.8 Å². The first-order valence-corrected chi connectivity index (χ1v) is 10.8. The van der Waals surface area contributed by atoms with Gasteiger partial charge >= 0.3 is 0 Å². The third-order valence-corrected chi connectivity index (χ3v) is 5.69. The Morgan fingerprint density at radius 3 is 2.97 bits per heavy atom. The Morgan fingerprint density at radius 2 is 2.16 bits per heavy atom. The predicted octanol–water partition coefficient (Wildman–Crippen LogP) is 3.36. The first-order valence-electron chi connectivity index (χ1n) is 9.95. The summed E-state index contributed by atoms with van der Waals surface area (Å²) in [6, 6.07) is 11.6. The molecule has 0 saturated carbocycles. The fourth-order valence-corrected chi connectivity index (χ4v) is 3.79. The molecule has 1 aliphatic heterocycles. The van der Waals surface area contributed by atoms with Gasteiger partial charge in [-0.25, -0.2) is 9.37 Å². The minimum absolute atomic E-state index is 0.0593. The summed E-state index contributed by atoms with van der Waals surface area (Å²) in [6.07, 6.45) is 0.460. The van der Waals surface area contributed by atoms with E-state index in [1.807, 2.05) is 25.1 Å². The Labute approximate surface area is 183 Å². The van der Waals surface area contributed by atoms with Crippen molar-refractivity contribution < 1.29 is 18.7 Å². The van der Waals surface area contributed by atoms with Crippen LogP contribution >= 0.6 is 11.3 Å². The SMILES string of the molecule is CCc1nnc(Nc2cccc([C@@H]3CN(C(=O)COc4ccccc4F)CCO3)n2)s1. The maximum Gasteiger partial charge on any atom is 0.260 e. The monoisotopic (exact) mass is 443 g/mol. The molecule has 1 atom stereocenters. The molecular weight excluding hydrogens is 421 g/mol. The summed E-state index contributed by atoms with van der Waals surface area (Å²) >= 11 is 1.48. The van der Waals surface area contributed by atoms with Gasteiger partial charge in [0.25, 0.3) is 5.91 Å². The molecule has 0 bridgehead atoms. The zero-order chi connectivity index (χ0) is 21.6. The van der Waals surface area contributed by atoms with Crippen LogP contribution in [0.4, 0.5) is 15.3 Å². The molecule has 162 valence electrons. The van der Waals surface area contributed by atoms with Gasteiger partial charge in [-0.05, 0) is 30.7 Å². The molecule has 0 radical (unpaired) electrons. The van der Waals surface area contributed by atoms with Gasteiger partial charge in [0.15, 0.2) is 18.2 Å². The third kappa shape index (κ3) is 5.33. The lowest BCUT2D eigenvalue weighted by molar-refractivity contribution is -0.141. The summed E-state index contributed by atoms with van der Waals surface area (Å²) < 4.78 is 24.9. The van der Waals surface area contributed by atoms with Crippen molar-refractivity contribution in [2.45, 2.75) is 19.4 Å². The number of hydrogen-bond acceptors (Lipinski definition) is 8. The molecule has 10 heteroatoms. The molecule has 0 unspecified atom stereocenters. The standard InChI is InChI=1S/C21H22FN5O3S/c1-2-19-25-26-21(31-19)24-18-9-5-7-15(23-18)17-12-27(10-11-29-17)20(28)13-30-16-8-4-3-6-14(16)22/h3-9,17H,2,10-13H2,1H3,(H,23,24,26)/t17-/m0/s1. The Bertz CT molecular complexity index is 1050. The Balaban J connectivity index is 1.37. The first kappa shape index (κ1) is 21.1. The van der Waals surface area contributed by atoms with Gasteiger partial charge in [-0.2, -0.15) is 0 Å². The van der Waals surface area contributed by atoms with E-state index in [2.05, 4.69) is 20.5 Å². The molecule has 2 aromatic heterocycles. The van der Waals surface area contributed by atoms with Crippen LogP contribution in [-0.2, 0) is 16.0 Å². The Morgan fingerprint density at radius 1 is 1.29 bits per heavy atom. The highest BCUT2D eigenvalue weighted by Gasteiger charge is 2.27. The number of amides is 1. The van der Waals surface area contributed by atoms with Crippen LogP contribution in [-0.4, -0.2) is 52.3 Å². The van der Waals surface area contributed by atoms with E-state index < -0.39 is 5.82 Å². The van der Waals surface area contributed by atoms with E-state index in [1.54, 1.807) is 17.0 Å². The normalized spacial score (nSPS) is 16.2. The molecule has 1 N–H and O–H groups in total. The largest absolute Gasteiger partial charge is 0.481 e. The molecule has 1 amide bonds. The second-order valence-electron chi connectivity index (χ2n) is 6.85. The Hall–Kier alpha value is -3.11. The summed E-state index contributed by atoms with van der Waals surface area (Å²) in [6.45, 7) is 2.95. The number of rotatable bonds is 7. The van der Waals surface area contributed by atoms with Crippen LogP contribution in [0, 0.1) is 5.82 Å². The van der Waals surface area contributed by atoms with Crippen molar-refractivity contribution in [3.05, 3.63) is 59.0 Å². The van der Waals surface area contributed by atoms with Crippen molar-refractivity contribution in [1.29, 1.82) is 0 Å². The highest BCUT2D eigenvalue weighted by molar-refractivity contribution is 7.15. The highest BCUT2D eigenvalue weighted by Crippen LogP contribution is 2.25. The number of morpholine rings is 1. The number of benzene rings is 1. The average molecular weight is 444 g/mol. The van der Waals surface area contributed by atoms with E-state index in [0.29, 0.717) is 36.3 Å². The third-order valence-electron chi connectivity index (χ3n) is 4.71. The van der Waals surface area contributed by atoms with Crippen LogP contribution in [0.2, 0.25) is 0 Å². The van der Waals surface area contributed by atoms with Gasteiger partial charge in [-0.1, -0.05) is 36.5 Å². The van der Waals surface area contributed by atoms with Crippen molar-refractivity contribution in [1.82, 2.24) is 20.1 Å². The number of carbonyl (C=O) groups excluding carboxylic acids is 1. The molecule has 1 aliphatic rings. The van der Waals surface area contributed by atoms with Gasteiger partial charge < -0.3 is 19.7 Å². The van der Waals surface area contributed by atoms with E-state index in [-0.39, 0.29) is 24.4 Å². The fourth-order valence-electron chi connectivity index (χ4n) is 3.10. The number of carbonyl (C=O) groups is 1. The average Bonchev–Trinajstić information content (AvgIpc) is 3.26. The van der Waals surface area contributed by atoms with Crippen molar-refractivity contribution in [2.24, 2.45) is 0 Å². The number of halogens is 1. The van der Waals surface area contributed by atoms with Gasteiger partial charge in [-0.15, -0.1) is 10.2 Å². The van der Waals surface area contributed by atoms with Gasteiger partial charge in [0, 0.05) is 6.54 Å². The summed E-state index contributed by atoms with van der Waals surface area (Å²) in [5, 5.41) is 13.0. The molecule has 8 nitrogen and oxygen atoms in total. The minimum Gasteiger partial charge on any atom is -0.481 e. The smallest absolute Gasteiger partial charge is 0.260 e. The number of anilines is 2. The zero-order valence-corrected chi connectivity index (χ0v) is 17.8. The molecule has 1 saturated heterocycles. The number of nitrogens with zero attached hydrogens (tertiary/aromatic N) is 4. The molecule has 0 spiro atoms. The molecule has 0 aliphatic carbocycles. The number of aromatic nitrogens is 3. The zero-order valence-electron chi connectivity index (χ0n) is 17.0. The minimum atomic E-state index is -0.495. The maximum absolute atomic E-state index is 13.7.